The van der Waals surface area contributed by atoms with Crippen LogP contribution in [0.2, 0.25) is 0 Å². The lowest BCUT2D eigenvalue weighted by molar-refractivity contribution is -0.136. The molecule has 2 amide bonds. The van der Waals surface area contributed by atoms with Crippen molar-refractivity contribution >= 4 is 11.8 Å². The molecule has 2 heterocycles. The van der Waals surface area contributed by atoms with Gasteiger partial charge in [0, 0.05) is 19.0 Å². The molecule has 0 saturated carbocycles. The molecule has 1 aliphatic rings. The largest absolute Gasteiger partial charge is 0.486 e. The first-order chi connectivity index (χ1) is 16.9. The lowest BCUT2D eigenvalue weighted by atomic mass is 9.87. The molecule has 0 unspecified atom stereocenters. The van der Waals surface area contributed by atoms with Crippen LogP contribution < -0.4 is 10.1 Å². The average molecular weight is 477 g/mol. The van der Waals surface area contributed by atoms with Crippen molar-refractivity contribution in [1.29, 1.82) is 0 Å². The van der Waals surface area contributed by atoms with Crippen molar-refractivity contribution in [3.63, 3.8) is 0 Å². The lowest BCUT2D eigenvalue weighted by Crippen LogP contribution is -2.42. The fourth-order valence-corrected chi connectivity index (χ4v) is 4.27. The number of fused-ring (bicyclic) bond motifs is 1. The normalized spacial score (nSPS) is 15.0. The topological polar surface area (TPSA) is 71.8 Å². The third-order valence-corrected chi connectivity index (χ3v) is 5.96. The molecule has 0 aliphatic carbocycles. The highest BCUT2D eigenvalue weighted by Gasteiger charge is 2.33. The van der Waals surface area contributed by atoms with Gasteiger partial charge in [-0.15, -0.1) is 6.58 Å². The quantitative estimate of drug-likeness (QED) is 0.462. The van der Waals surface area contributed by atoms with Gasteiger partial charge in [0.1, 0.15) is 23.9 Å². The number of rotatable bonds is 8. The van der Waals surface area contributed by atoms with E-state index >= 15 is 0 Å². The molecule has 1 aliphatic heterocycles. The van der Waals surface area contributed by atoms with E-state index in [4.69, 9.17) is 9.15 Å². The summed E-state index contributed by atoms with van der Waals surface area (Å²) >= 11 is 0. The van der Waals surface area contributed by atoms with E-state index in [9.17, 15) is 14.0 Å². The zero-order valence-electron chi connectivity index (χ0n) is 19.9. The molecule has 3 aromatic rings. The van der Waals surface area contributed by atoms with Gasteiger partial charge < -0.3 is 19.4 Å². The summed E-state index contributed by atoms with van der Waals surface area (Å²) in [6.45, 7) is 8.36. The van der Waals surface area contributed by atoms with Crippen molar-refractivity contribution in [2.75, 3.05) is 13.1 Å². The molecule has 1 atom stereocenters. The summed E-state index contributed by atoms with van der Waals surface area (Å²) < 4.78 is 25.7. The van der Waals surface area contributed by atoms with Gasteiger partial charge in [0.05, 0.1) is 6.04 Å². The van der Waals surface area contributed by atoms with Crippen LogP contribution >= 0.6 is 0 Å². The Balaban J connectivity index is 1.58. The molecule has 0 spiro atoms. The van der Waals surface area contributed by atoms with E-state index in [1.165, 1.54) is 12.1 Å². The Morgan fingerprint density at radius 3 is 2.80 bits per heavy atom. The highest BCUT2D eigenvalue weighted by atomic mass is 19.1. The number of nitrogens with zero attached hydrogens (tertiary/aromatic N) is 1. The Morgan fingerprint density at radius 2 is 2.06 bits per heavy atom. The Hall–Kier alpha value is -3.87. The predicted octanol–water partition coefficient (Wildman–Crippen LogP) is 5.04. The van der Waals surface area contributed by atoms with Gasteiger partial charge in [-0.25, -0.2) is 4.39 Å². The number of hydrogen-bond acceptors (Lipinski definition) is 4. The summed E-state index contributed by atoms with van der Waals surface area (Å²) in [5, 5.41) is 2.66. The summed E-state index contributed by atoms with van der Waals surface area (Å²) in [5.74, 6) is 0.480. The standard InChI is InChI=1S/C28H29FN2O4/c1-4-13-30-27(32)25-11-10-23(35-25)17-34-22-9-8-19-12-14-31(28(33)18(2)3)26(24(19)16-22)20-6-5-7-21(29)15-20/h4-11,15-16,18,26H,1,12-14,17H2,2-3H3,(H,30,32)/t26-/m0/s1. The second-order valence-electron chi connectivity index (χ2n) is 8.81. The molecule has 0 radical (unpaired) electrons. The third kappa shape index (κ3) is 5.45. The monoisotopic (exact) mass is 476 g/mol. The van der Waals surface area contributed by atoms with Crippen LogP contribution in [0.25, 0.3) is 0 Å². The Bertz CT molecular complexity index is 1230. The smallest absolute Gasteiger partial charge is 0.287 e. The van der Waals surface area contributed by atoms with Crippen LogP contribution in [0.5, 0.6) is 5.75 Å². The summed E-state index contributed by atoms with van der Waals surface area (Å²) in [7, 11) is 0. The van der Waals surface area contributed by atoms with Crippen LogP contribution in [0.4, 0.5) is 4.39 Å². The first kappa shape index (κ1) is 24.3. The summed E-state index contributed by atoms with van der Waals surface area (Å²) in [5.41, 5.74) is 2.73. The number of halogens is 1. The fourth-order valence-electron chi connectivity index (χ4n) is 4.27. The number of hydrogen-bond donors (Lipinski definition) is 1. The SMILES string of the molecule is C=CCNC(=O)c1ccc(COc2ccc3c(c2)[C@H](c2cccc(F)c2)N(C(=O)C(C)C)CC3)o1. The van der Waals surface area contributed by atoms with Gasteiger partial charge in [-0.1, -0.05) is 38.1 Å². The minimum Gasteiger partial charge on any atom is -0.486 e. The molecule has 7 heteroatoms. The molecule has 1 aromatic heterocycles. The van der Waals surface area contributed by atoms with Crippen LogP contribution in [0.15, 0.2) is 71.7 Å². The van der Waals surface area contributed by atoms with E-state index in [-0.39, 0.29) is 35.9 Å². The van der Waals surface area contributed by atoms with Gasteiger partial charge in [-0.05, 0) is 59.5 Å². The highest BCUT2D eigenvalue weighted by Crippen LogP contribution is 2.38. The van der Waals surface area contributed by atoms with Crippen molar-refractivity contribution in [1.82, 2.24) is 10.2 Å². The molecule has 2 aromatic carbocycles. The van der Waals surface area contributed by atoms with Gasteiger partial charge in [-0.3, -0.25) is 9.59 Å². The Morgan fingerprint density at radius 1 is 1.23 bits per heavy atom. The van der Waals surface area contributed by atoms with Crippen molar-refractivity contribution in [3.05, 3.63) is 101 Å². The lowest BCUT2D eigenvalue weighted by Gasteiger charge is -2.39. The van der Waals surface area contributed by atoms with Gasteiger partial charge in [0.25, 0.3) is 5.91 Å². The molecule has 182 valence electrons. The van der Waals surface area contributed by atoms with Crippen molar-refractivity contribution in [2.24, 2.45) is 5.92 Å². The van der Waals surface area contributed by atoms with Crippen LogP contribution in [-0.2, 0) is 17.8 Å². The summed E-state index contributed by atoms with van der Waals surface area (Å²) in [4.78, 5) is 26.9. The van der Waals surface area contributed by atoms with Crippen LogP contribution in [0.3, 0.4) is 0 Å². The molecule has 6 nitrogen and oxygen atoms in total. The zero-order valence-corrected chi connectivity index (χ0v) is 19.9. The molecule has 4 rings (SSSR count). The number of carbonyl (C=O) groups is 2. The number of ether oxygens (including phenoxy) is 1. The predicted molar refractivity (Wildman–Crippen MR) is 131 cm³/mol. The highest BCUT2D eigenvalue weighted by molar-refractivity contribution is 5.91. The maximum atomic E-state index is 14.1. The molecular formula is C28H29FN2O4. The second-order valence-corrected chi connectivity index (χ2v) is 8.81. The Kier molecular flexibility index (Phi) is 7.34. The van der Waals surface area contributed by atoms with E-state index in [1.807, 2.05) is 43.0 Å². The molecular weight excluding hydrogens is 447 g/mol. The minimum absolute atomic E-state index is 0.0223. The first-order valence-electron chi connectivity index (χ1n) is 11.7. The second kappa shape index (κ2) is 10.6. The summed E-state index contributed by atoms with van der Waals surface area (Å²) in [6.07, 6.45) is 2.30. The fraction of sp³-hybridized carbons (Fsp3) is 0.286. The summed E-state index contributed by atoms with van der Waals surface area (Å²) in [6, 6.07) is 15.1. The molecule has 0 fully saturated rings. The van der Waals surface area contributed by atoms with Crippen LogP contribution in [0, 0.1) is 11.7 Å². The van der Waals surface area contributed by atoms with Gasteiger partial charge in [0.15, 0.2) is 5.76 Å². The number of furan rings is 1. The van der Waals surface area contributed by atoms with Gasteiger partial charge in [-0.2, -0.15) is 0 Å². The third-order valence-electron chi connectivity index (χ3n) is 5.96. The van der Waals surface area contributed by atoms with Crippen LogP contribution in [0.1, 0.15) is 52.9 Å². The molecule has 0 saturated heterocycles. The molecule has 35 heavy (non-hydrogen) atoms. The Labute approximate surface area is 204 Å². The first-order valence-corrected chi connectivity index (χ1v) is 11.7. The minimum atomic E-state index is -0.406. The average Bonchev–Trinajstić information content (AvgIpc) is 3.34. The number of nitrogens with one attached hydrogen (secondary N) is 1. The van der Waals surface area contributed by atoms with Gasteiger partial charge >= 0.3 is 0 Å². The van der Waals surface area contributed by atoms with Crippen molar-refractivity contribution in [2.45, 2.75) is 32.9 Å². The van der Waals surface area contributed by atoms with Crippen molar-refractivity contribution in [3.8, 4) is 5.75 Å². The number of benzene rings is 2. The van der Waals surface area contributed by atoms with E-state index in [0.717, 1.165) is 16.7 Å². The van der Waals surface area contributed by atoms with Gasteiger partial charge in [0.2, 0.25) is 5.91 Å². The van der Waals surface area contributed by atoms with Crippen molar-refractivity contribution < 1.29 is 23.1 Å². The van der Waals surface area contributed by atoms with Crippen LogP contribution in [-0.4, -0.2) is 29.8 Å². The van der Waals surface area contributed by atoms with E-state index in [1.54, 1.807) is 24.3 Å². The van der Waals surface area contributed by atoms with E-state index in [0.29, 0.717) is 31.0 Å². The zero-order chi connectivity index (χ0) is 24.9. The molecule has 0 bridgehead atoms. The van der Waals surface area contributed by atoms with E-state index < -0.39 is 6.04 Å². The number of amides is 2. The maximum absolute atomic E-state index is 14.1. The number of carbonyl (C=O) groups excluding carboxylic acids is 2. The van der Waals surface area contributed by atoms with E-state index in [2.05, 4.69) is 11.9 Å². The molecule has 1 N–H and O–H groups in total. The maximum Gasteiger partial charge on any atom is 0.287 e.